The molecule has 0 atom stereocenters. The van der Waals surface area contributed by atoms with Gasteiger partial charge in [-0.2, -0.15) is 17.2 Å². The van der Waals surface area contributed by atoms with Crippen LogP contribution in [0, 0.1) is 17.8 Å². The predicted octanol–water partition coefficient (Wildman–Crippen LogP) is 1.55. The average molecular weight is 309 g/mol. The van der Waals surface area contributed by atoms with Gasteiger partial charge in [-0.15, -0.1) is 0 Å². The summed E-state index contributed by atoms with van der Waals surface area (Å²) in [7, 11) is -5.73. The van der Waals surface area contributed by atoms with E-state index in [-0.39, 0.29) is 0 Å². The monoisotopic (exact) mass is 309 g/mol. The largest absolute Gasteiger partial charge is 0.446 e. The highest BCUT2D eigenvalue weighted by atomic mass is 32.2. The van der Waals surface area contributed by atoms with E-state index in [0.717, 1.165) is 19.3 Å². The summed E-state index contributed by atoms with van der Waals surface area (Å²) in [6.07, 6.45) is 5.11. The van der Waals surface area contributed by atoms with Crippen molar-refractivity contribution in [3.63, 3.8) is 0 Å². The van der Waals surface area contributed by atoms with Gasteiger partial charge in [0.15, 0.2) is 0 Å². The van der Waals surface area contributed by atoms with E-state index in [2.05, 4.69) is 5.32 Å². The zero-order valence-corrected chi connectivity index (χ0v) is 11.6. The lowest BCUT2D eigenvalue weighted by atomic mass is 9.53. The van der Waals surface area contributed by atoms with E-state index in [0.29, 0.717) is 37.0 Å². The maximum absolute atomic E-state index is 13.4. The first-order valence-corrected chi connectivity index (χ1v) is 8.23. The third-order valence-corrected chi connectivity index (χ3v) is 5.84. The van der Waals surface area contributed by atoms with Gasteiger partial charge in [0.1, 0.15) is 0 Å². The third kappa shape index (κ3) is 2.13. The summed E-state index contributed by atoms with van der Waals surface area (Å²) in [5.74, 6) is -0.607. The van der Waals surface area contributed by atoms with E-state index in [9.17, 15) is 22.0 Å². The van der Waals surface area contributed by atoms with Crippen molar-refractivity contribution in [3.8, 4) is 0 Å². The van der Waals surface area contributed by atoms with Crippen molar-refractivity contribution in [2.45, 2.75) is 49.3 Å². The van der Waals surface area contributed by atoms with E-state index < -0.39 is 26.8 Å². The van der Waals surface area contributed by atoms with Gasteiger partial charge in [0.05, 0.1) is 0 Å². The molecular formula is C12H17F2NO4S. The summed E-state index contributed by atoms with van der Waals surface area (Å²) in [4.78, 5) is 11.6. The van der Waals surface area contributed by atoms with Crippen molar-refractivity contribution in [2.75, 3.05) is 0 Å². The van der Waals surface area contributed by atoms with Crippen molar-refractivity contribution in [1.82, 2.24) is 5.32 Å². The molecule has 4 rings (SSSR count). The molecule has 2 N–H and O–H groups in total. The second-order valence-corrected chi connectivity index (χ2v) is 8.11. The van der Waals surface area contributed by atoms with Crippen LogP contribution in [0.2, 0.25) is 0 Å². The fourth-order valence-corrected chi connectivity index (χ4v) is 4.98. The molecule has 5 nitrogen and oxygen atoms in total. The molecule has 114 valence electrons. The van der Waals surface area contributed by atoms with Crippen molar-refractivity contribution in [1.29, 1.82) is 0 Å². The minimum absolute atomic E-state index is 0.431. The number of carbonyl (C=O) groups is 1. The molecule has 4 aliphatic rings. The second kappa shape index (κ2) is 4.13. The molecule has 4 saturated carbocycles. The Bertz CT molecular complexity index is 510. The summed E-state index contributed by atoms with van der Waals surface area (Å²) < 4.78 is 56.5. The highest BCUT2D eigenvalue weighted by Gasteiger charge is 2.57. The van der Waals surface area contributed by atoms with E-state index >= 15 is 0 Å². The number of hydrogen-bond donors (Lipinski definition) is 2. The summed E-state index contributed by atoms with van der Waals surface area (Å²) >= 11 is 0. The van der Waals surface area contributed by atoms with E-state index in [1.807, 2.05) is 0 Å². The summed E-state index contributed by atoms with van der Waals surface area (Å²) in [5, 5.41) is -2.54. The van der Waals surface area contributed by atoms with E-state index in [1.165, 1.54) is 0 Å². The molecule has 4 fully saturated rings. The average Bonchev–Trinajstić information content (AvgIpc) is 2.24. The highest BCUT2D eigenvalue weighted by molar-refractivity contribution is 7.87. The normalized spacial score (nSPS) is 39.9. The van der Waals surface area contributed by atoms with Gasteiger partial charge in [-0.1, -0.05) is 0 Å². The molecule has 8 heteroatoms. The van der Waals surface area contributed by atoms with Gasteiger partial charge in [-0.3, -0.25) is 9.35 Å². The van der Waals surface area contributed by atoms with Gasteiger partial charge in [-0.25, -0.2) is 0 Å². The quantitative estimate of drug-likeness (QED) is 0.775. The van der Waals surface area contributed by atoms with Crippen LogP contribution < -0.4 is 5.32 Å². The molecule has 4 bridgehead atoms. The van der Waals surface area contributed by atoms with Crippen LogP contribution in [0.4, 0.5) is 8.78 Å². The first-order chi connectivity index (χ1) is 9.11. The molecule has 0 heterocycles. The van der Waals surface area contributed by atoms with E-state index in [1.54, 1.807) is 0 Å². The Hall–Kier alpha value is -0.760. The van der Waals surface area contributed by atoms with Crippen LogP contribution in [0.25, 0.3) is 0 Å². The zero-order chi connectivity index (χ0) is 14.8. The Morgan fingerprint density at radius 1 is 1.10 bits per heavy atom. The Balaban J connectivity index is 1.80. The van der Waals surface area contributed by atoms with Crippen molar-refractivity contribution >= 4 is 16.0 Å². The Kier molecular flexibility index (Phi) is 2.93. The molecule has 4 aliphatic carbocycles. The van der Waals surface area contributed by atoms with E-state index in [4.69, 9.17) is 4.55 Å². The maximum Gasteiger partial charge on any atom is 0.446 e. The Morgan fingerprint density at radius 2 is 1.50 bits per heavy atom. The number of alkyl halides is 2. The number of hydrogen-bond acceptors (Lipinski definition) is 3. The molecule has 20 heavy (non-hydrogen) atoms. The van der Waals surface area contributed by atoms with Gasteiger partial charge in [0.2, 0.25) is 0 Å². The summed E-state index contributed by atoms with van der Waals surface area (Å²) in [5.41, 5.74) is -0.708. The topological polar surface area (TPSA) is 83.5 Å². The zero-order valence-electron chi connectivity index (χ0n) is 10.8. The van der Waals surface area contributed by atoms with Gasteiger partial charge in [0.25, 0.3) is 0 Å². The molecule has 0 spiro atoms. The van der Waals surface area contributed by atoms with Gasteiger partial charge in [0, 0.05) is 5.54 Å². The van der Waals surface area contributed by atoms with Crippen LogP contribution in [0.5, 0.6) is 0 Å². The van der Waals surface area contributed by atoms with Crippen LogP contribution >= 0.6 is 0 Å². The molecule has 0 saturated heterocycles. The maximum atomic E-state index is 13.4. The lowest BCUT2D eigenvalue weighted by molar-refractivity contribution is -0.142. The molecule has 0 unspecified atom stereocenters. The van der Waals surface area contributed by atoms with Crippen molar-refractivity contribution in [2.24, 2.45) is 17.8 Å². The van der Waals surface area contributed by atoms with Crippen LogP contribution in [0.15, 0.2) is 0 Å². The minimum atomic E-state index is -5.73. The van der Waals surface area contributed by atoms with Gasteiger partial charge >= 0.3 is 21.3 Å². The van der Waals surface area contributed by atoms with Crippen LogP contribution in [0.3, 0.4) is 0 Å². The highest BCUT2D eigenvalue weighted by Crippen LogP contribution is 2.55. The SMILES string of the molecule is O=C(NC12CC3CC(CC(C3)C1)C2)C(F)(F)S(=O)(=O)O. The fraction of sp³-hybridized carbons (Fsp3) is 0.917. The van der Waals surface area contributed by atoms with Crippen LogP contribution in [-0.4, -0.2) is 29.7 Å². The van der Waals surface area contributed by atoms with Crippen LogP contribution in [0.1, 0.15) is 38.5 Å². The fourth-order valence-electron chi connectivity index (χ4n) is 4.69. The predicted molar refractivity (Wildman–Crippen MR) is 65.5 cm³/mol. The third-order valence-electron chi connectivity index (χ3n) is 5.01. The smallest absolute Gasteiger partial charge is 0.344 e. The van der Waals surface area contributed by atoms with Gasteiger partial charge in [-0.05, 0) is 56.3 Å². The van der Waals surface area contributed by atoms with Crippen LogP contribution in [-0.2, 0) is 14.9 Å². The number of rotatable bonds is 3. The molecule has 0 aromatic carbocycles. The summed E-state index contributed by atoms with van der Waals surface area (Å²) in [6, 6.07) is 0. The standard InChI is InChI=1S/C12H17F2NO4S/c13-12(14,20(17,18)19)10(16)15-11-4-7-1-8(5-11)3-9(2-7)6-11/h7-9H,1-6H2,(H,15,16)(H,17,18,19). The molecular weight excluding hydrogens is 292 g/mol. The molecule has 0 radical (unpaired) electrons. The lowest BCUT2D eigenvalue weighted by Crippen LogP contribution is -2.63. The van der Waals surface area contributed by atoms with Gasteiger partial charge < -0.3 is 5.32 Å². The Labute approximate surface area is 115 Å². The molecule has 0 aromatic rings. The number of halogens is 2. The minimum Gasteiger partial charge on any atom is -0.344 e. The first-order valence-electron chi connectivity index (χ1n) is 6.79. The first kappa shape index (κ1) is 14.2. The van der Waals surface area contributed by atoms with Crippen molar-refractivity contribution < 1.29 is 26.5 Å². The number of amides is 1. The second-order valence-electron chi connectivity index (χ2n) is 6.64. The van der Waals surface area contributed by atoms with Crippen molar-refractivity contribution in [3.05, 3.63) is 0 Å². The molecule has 1 amide bonds. The Morgan fingerprint density at radius 3 is 1.85 bits per heavy atom. The summed E-state index contributed by atoms with van der Waals surface area (Å²) in [6.45, 7) is 0. The lowest BCUT2D eigenvalue weighted by Gasteiger charge is -2.56. The number of carbonyl (C=O) groups excluding carboxylic acids is 1. The molecule has 0 aliphatic heterocycles. The number of nitrogens with one attached hydrogen (secondary N) is 1. The molecule has 0 aromatic heterocycles.